The number of nitrogens with one attached hydrogen (secondary N) is 3. The molecule has 1 aromatic rings. The Morgan fingerprint density at radius 3 is 3.17 bits per heavy atom. The molecule has 0 spiro atoms. The fourth-order valence-electron chi connectivity index (χ4n) is 3.16. The van der Waals surface area contributed by atoms with Gasteiger partial charge in [0.15, 0.2) is 5.13 Å². The van der Waals surface area contributed by atoms with E-state index < -0.39 is 0 Å². The first-order chi connectivity index (χ1) is 11.0. The van der Waals surface area contributed by atoms with E-state index in [2.05, 4.69) is 34.8 Å². The van der Waals surface area contributed by atoms with Gasteiger partial charge in [-0.3, -0.25) is 5.32 Å². The van der Waals surface area contributed by atoms with E-state index in [1.54, 1.807) is 11.3 Å². The maximum absolute atomic E-state index is 12.1. The van der Waals surface area contributed by atoms with Crippen molar-refractivity contribution in [3.63, 3.8) is 0 Å². The molecule has 1 atom stereocenters. The van der Waals surface area contributed by atoms with Crippen LogP contribution in [0.15, 0.2) is 0 Å². The average Bonchev–Trinajstić information content (AvgIpc) is 2.75. The van der Waals surface area contributed by atoms with Gasteiger partial charge in [-0.15, -0.1) is 11.3 Å². The molecule has 0 bridgehead atoms. The first kappa shape index (κ1) is 16.7. The lowest BCUT2D eigenvalue weighted by Crippen LogP contribution is -2.40. The minimum Gasteiger partial charge on any atom is -0.375 e. The number of nitrogens with zero attached hydrogens (tertiary/aromatic N) is 1. The van der Waals surface area contributed by atoms with Crippen LogP contribution in [-0.4, -0.2) is 43.4 Å². The third-order valence-electron chi connectivity index (χ3n) is 4.48. The zero-order chi connectivity index (χ0) is 16.3. The van der Waals surface area contributed by atoms with Crippen molar-refractivity contribution >= 4 is 22.5 Å². The fraction of sp³-hybridized carbons (Fsp3) is 0.750. The molecule has 3 rings (SSSR count). The average molecular weight is 338 g/mol. The maximum Gasteiger partial charge on any atom is 0.321 e. The Kier molecular flexibility index (Phi) is 5.18. The molecule has 0 aromatic carbocycles. The van der Waals surface area contributed by atoms with Crippen molar-refractivity contribution in [1.29, 1.82) is 0 Å². The number of hydrogen-bond acceptors (Lipinski definition) is 5. The van der Waals surface area contributed by atoms with Crippen molar-refractivity contribution in [2.75, 3.05) is 31.6 Å². The highest BCUT2D eigenvalue weighted by Crippen LogP contribution is 2.40. The van der Waals surface area contributed by atoms with Crippen LogP contribution in [0.4, 0.5) is 9.93 Å². The Hall–Kier alpha value is -1.18. The number of carbonyl (C=O) groups is 1. The number of aryl methyl sites for hydroxylation is 1. The molecule has 1 aliphatic carbocycles. The third-order valence-corrected chi connectivity index (χ3v) is 5.51. The fourth-order valence-corrected chi connectivity index (χ4v) is 4.34. The predicted molar refractivity (Wildman–Crippen MR) is 92.3 cm³/mol. The Bertz CT molecular complexity index is 550. The molecule has 128 valence electrons. The normalized spacial score (nSPS) is 23.7. The second-order valence-electron chi connectivity index (χ2n) is 6.91. The minimum absolute atomic E-state index is 0.0340. The molecule has 2 amide bonds. The minimum atomic E-state index is -0.207. The first-order valence-electron chi connectivity index (χ1n) is 8.42. The molecule has 6 nitrogen and oxygen atoms in total. The van der Waals surface area contributed by atoms with Crippen LogP contribution in [-0.2, 0) is 16.6 Å². The van der Waals surface area contributed by atoms with Gasteiger partial charge in [-0.25, -0.2) is 9.78 Å². The number of anilines is 1. The summed E-state index contributed by atoms with van der Waals surface area (Å²) in [5.41, 5.74) is 1.26. The summed E-state index contributed by atoms with van der Waals surface area (Å²) in [5, 5.41) is 9.76. The van der Waals surface area contributed by atoms with Crippen molar-refractivity contribution in [1.82, 2.24) is 15.6 Å². The molecule has 1 saturated heterocycles. The third kappa shape index (κ3) is 4.22. The number of urea groups is 1. The van der Waals surface area contributed by atoms with Crippen LogP contribution in [0.2, 0.25) is 0 Å². The number of fused-ring (bicyclic) bond motifs is 1. The van der Waals surface area contributed by atoms with Gasteiger partial charge in [0.2, 0.25) is 0 Å². The van der Waals surface area contributed by atoms with E-state index in [9.17, 15) is 4.79 Å². The summed E-state index contributed by atoms with van der Waals surface area (Å²) in [6, 6.07) is -0.207. The van der Waals surface area contributed by atoms with Crippen LogP contribution in [0.5, 0.6) is 0 Å². The quantitative estimate of drug-likeness (QED) is 0.790. The number of amides is 2. The monoisotopic (exact) mass is 338 g/mol. The summed E-state index contributed by atoms with van der Waals surface area (Å²) < 4.78 is 5.68. The van der Waals surface area contributed by atoms with Gasteiger partial charge in [0.1, 0.15) is 0 Å². The SMILES string of the molecule is CC1(C)CCCc2sc(NC(=O)NCC3CNCCCO3)nc21. The smallest absolute Gasteiger partial charge is 0.321 e. The Labute approximate surface area is 141 Å². The summed E-state index contributed by atoms with van der Waals surface area (Å²) in [6.45, 7) is 7.46. The van der Waals surface area contributed by atoms with E-state index in [-0.39, 0.29) is 17.6 Å². The molecule has 1 aliphatic heterocycles. The lowest BCUT2D eigenvalue weighted by molar-refractivity contribution is 0.0689. The van der Waals surface area contributed by atoms with Crippen molar-refractivity contribution in [2.24, 2.45) is 0 Å². The van der Waals surface area contributed by atoms with Crippen LogP contribution in [0, 0.1) is 0 Å². The largest absolute Gasteiger partial charge is 0.375 e. The van der Waals surface area contributed by atoms with E-state index >= 15 is 0 Å². The molecular weight excluding hydrogens is 312 g/mol. The Morgan fingerprint density at radius 1 is 1.48 bits per heavy atom. The van der Waals surface area contributed by atoms with Crippen molar-refractivity contribution in [3.8, 4) is 0 Å². The standard InChI is InChI=1S/C16H26N4O2S/c1-16(2)6-3-5-12-13(16)19-15(23-12)20-14(21)18-10-11-9-17-7-4-8-22-11/h11,17H,3-10H2,1-2H3,(H2,18,19,20,21). The lowest BCUT2D eigenvalue weighted by Gasteiger charge is -2.27. The topological polar surface area (TPSA) is 75.3 Å². The van der Waals surface area contributed by atoms with Crippen LogP contribution >= 0.6 is 11.3 Å². The van der Waals surface area contributed by atoms with Gasteiger partial charge in [0.05, 0.1) is 11.8 Å². The molecule has 1 aromatic heterocycles. The van der Waals surface area contributed by atoms with E-state index in [1.807, 2.05) is 0 Å². The van der Waals surface area contributed by atoms with E-state index in [4.69, 9.17) is 4.74 Å². The van der Waals surface area contributed by atoms with Crippen LogP contribution < -0.4 is 16.0 Å². The second-order valence-corrected chi connectivity index (χ2v) is 8.00. The molecule has 1 fully saturated rings. The van der Waals surface area contributed by atoms with E-state index in [1.165, 1.54) is 11.3 Å². The van der Waals surface area contributed by atoms with Crippen LogP contribution in [0.1, 0.15) is 43.7 Å². The van der Waals surface area contributed by atoms with Gasteiger partial charge in [-0.05, 0) is 32.2 Å². The second kappa shape index (κ2) is 7.15. The number of thiazole rings is 1. The first-order valence-corrected chi connectivity index (χ1v) is 9.23. The van der Waals surface area contributed by atoms with Gasteiger partial charge in [0, 0.05) is 30.0 Å². The van der Waals surface area contributed by atoms with Gasteiger partial charge in [-0.2, -0.15) is 0 Å². The molecule has 2 heterocycles. The molecule has 1 unspecified atom stereocenters. The van der Waals surface area contributed by atoms with Gasteiger partial charge in [0.25, 0.3) is 0 Å². The molecule has 0 saturated carbocycles. The van der Waals surface area contributed by atoms with Crippen LogP contribution in [0.3, 0.4) is 0 Å². The number of aromatic nitrogens is 1. The Balaban J connectivity index is 1.53. The molecule has 2 aliphatic rings. The predicted octanol–water partition coefficient (Wildman–Crippen LogP) is 2.26. The summed E-state index contributed by atoms with van der Waals surface area (Å²) in [7, 11) is 0. The summed E-state index contributed by atoms with van der Waals surface area (Å²) in [6.07, 6.45) is 4.47. The molecule has 7 heteroatoms. The van der Waals surface area contributed by atoms with Crippen LogP contribution in [0.25, 0.3) is 0 Å². The number of rotatable bonds is 3. The number of ether oxygens (including phenoxy) is 1. The lowest BCUT2D eigenvalue weighted by atomic mass is 9.79. The zero-order valence-corrected chi connectivity index (χ0v) is 14.7. The van der Waals surface area contributed by atoms with E-state index in [0.717, 1.165) is 44.7 Å². The molecule has 0 radical (unpaired) electrons. The van der Waals surface area contributed by atoms with Crippen molar-refractivity contribution in [3.05, 3.63) is 10.6 Å². The van der Waals surface area contributed by atoms with Gasteiger partial charge < -0.3 is 15.4 Å². The van der Waals surface area contributed by atoms with E-state index in [0.29, 0.717) is 11.7 Å². The van der Waals surface area contributed by atoms with Crippen molar-refractivity contribution < 1.29 is 9.53 Å². The molecule has 23 heavy (non-hydrogen) atoms. The van der Waals surface area contributed by atoms with Crippen molar-refractivity contribution in [2.45, 2.75) is 51.0 Å². The summed E-state index contributed by atoms with van der Waals surface area (Å²) >= 11 is 1.60. The zero-order valence-electron chi connectivity index (χ0n) is 13.9. The maximum atomic E-state index is 12.1. The highest BCUT2D eigenvalue weighted by atomic mass is 32.1. The Morgan fingerprint density at radius 2 is 2.35 bits per heavy atom. The van der Waals surface area contributed by atoms with Gasteiger partial charge in [-0.1, -0.05) is 13.8 Å². The highest BCUT2D eigenvalue weighted by molar-refractivity contribution is 7.15. The summed E-state index contributed by atoms with van der Waals surface area (Å²) in [4.78, 5) is 18.1. The highest BCUT2D eigenvalue weighted by Gasteiger charge is 2.31. The van der Waals surface area contributed by atoms with Gasteiger partial charge >= 0.3 is 6.03 Å². The number of hydrogen-bond donors (Lipinski definition) is 3. The molecule has 3 N–H and O–H groups in total. The summed E-state index contributed by atoms with van der Waals surface area (Å²) in [5.74, 6) is 0. The molecular formula is C16H26N4O2S. The number of carbonyl (C=O) groups excluding carboxylic acids is 1.